The third kappa shape index (κ3) is 3.78. The third-order valence-corrected chi connectivity index (χ3v) is 5.37. The van der Waals surface area contributed by atoms with Crippen LogP contribution >= 0.6 is 15.9 Å². The molecule has 0 aliphatic heterocycles. The van der Waals surface area contributed by atoms with Crippen LogP contribution in [-0.4, -0.2) is 0 Å². The molecule has 0 radical (unpaired) electrons. The number of aryl methyl sites for hydroxylation is 1. The lowest BCUT2D eigenvalue weighted by atomic mass is 9.77. The summed E-state index contributed by atoms with van der Waals surface area (Å²) < 4.78 is 7.04. The van der Waals surface area contributed by atoms with Gasteiger partial charge in [-0.15, -0.1) is 0 Å². The van der Waals surface area contributed by atoms with E-state index in [1.165, 1.54) is 30.4 Å². The van der Waals surface area contributed by atoms with E-state index in [9.17, 15) is 0 Å². The lowest BCUT2D eigenvalue weighted by Crippen LogP contribution is -2.38. The molecule has 23 heavy (non-hydrogen) atoms. The number of halogens is 1. The highest BCUT2D eigenvalue weighted by atomic mass is 79.9. The monoisotopic (exact) mass is 373 g/mol. The summed E-state index contributed by atoms with van der Waals surface area (Å²) in [5.74, 6) is 0.914. The van der Waals surface area contributed by atoms with E-state index in [-0.39, 0.29) is 5.54 Å². The number of nitrogens with two attached hydrogens (primary N) is 1. The molecule has 0 amide bonds. The first kappa shape index (κ1) is 16.5. The van der Waals surface area contributed by atoms with E-state index in [1.807, 2.05) is 18.2 Å². The van der Waals surface area contributed by atoms with E-state index in [0.29, 0.717) is 6.61 Å². The van der Waals surface area contributed by atoms with Crippen LogP contribution in [0.25, 0.3) is 0 Å². The second kappa shape index (κ2) is 7.06. The van der Waals surface area contributed by atoms with Gasteiger partial charge < -0.3 is 10.5 Å². The molecule has 2 nitrogen and oxygen atoms in total. The SMILES string of the molecule is Cc1cc(C2(N)CCCCC2)cc(Br)c1OCc1ccccc1. The molecule has 1 aliphatic carbocycles. The molecule has 2 aromatic rings. The van der Waals surface area contributed by atoms with Gasteiger partial charge in [-0.2, -0.15) is 0 Å². The first-order valence-corrected chi connectivity index (χ1v) is 9.14. The zero-order chi connectivity index (χ0) is 16.3. The van der Waals surface area contributed by atoms with Crippen molar-refractivity contribution in [3.8, 4) is 5.75 Å². The molecule has 0 spiro atoms. The van der Waals surface area contributed by atoms with Gasteiger partial charge in [0.15, 0.2) is 0 Å². The van der Waals surface area contributed by atoms with Gasteiger partial charge in [0.25, 0.3) is 0 Å². The summed E-state index contributed by atoms with van der Waals surface area (Å²) in [4.78, 5) is 0. The molecule has 1 saturated carbocycles. The van der Waals surface area contributed by atoms with Crippen molar-refractivity contribution in [2.75, 3.05) is 0 Å². The van der Waals surface area contributed by atoms with Gasteiger partial charge in [-0.25, -0.2) is 0 Å². The van der Waals surface area contributed by atoms with Gasteiger partial charge in [-0.05, 0) is 58.5 Å². The zero-order valence-corrected chi connectivity index (χ0v) is 15.2. The van der Waals surface area contributed by atoms with E-state index >= 15 is 0 Å². The Labute approximate surface area is 147 Å². The molecule has 2 aromatic carbocycles. The summed E-state index contributed by atoms with van der Waals surface area (Å²) >= 11 is 3.68. The van der Waals surface area contributed by atoms with Crippen LogP contribution in [-0.2, 0) is 12.1 Å². The first-order valence-electron chi connectivity index (χ1n) is 8.35. The second-order valence-corrected chi connectivity index (χ2v) is 7.45. The van der Waals surface area contributed by atoms with Crippen molar-refractivity contribution in [3.05, 3.63) is 63.6 Å². The van der Waals surface area contributed by atoms with E-state index < -0.39 is 0 Å². The van der Waals surface area contributed by atoms with Crippen molar-refractivity contribution in [2.45, 2.75) is 51.2 Å². The normalized spacial score (nSPS) is 17.0. The van der Waals surface area contributed by atoms with Crippen molar-refractivity contribution in [3.63, 3.8) is 0 Å². The van der Waals surface area contributed by atoms with E-state index in [0.717, 1.165) is 28.6 Å². The van der Waals surface area contributed by atoms with Crippen molar-refractivity contribution in [1.29, 1.82) is 0 Å². The van der Waals surface area contributed by atoms with Gasteiger partial charge in [0.05, 0.1) is 4.47 Å². The van der Waals surface area contributed by atoms with Crippen molar-refractivity contribution < 1.29 is 4.74 Å². The van der Waals surface area contributed by atoms with E-state index in [4.69, 9.17) is 10.5 Å². The van der Waals surface area contributed by atoms with Gasteiger partial charge in [0, 0.05) is 5.54 Å². The Morgan fingerprint density at radius 3 is 2.43 bits per heavy atom. The molecule has 2 N–H and O–H groups in total. The molecule has 122 valence electrons. The maximum atomic E-state index is 6.67. The molecule has 3 rings (SSSR count). The molecule has 0 unspecified atom stereocenters. The summed E-state index contributed by atoms with van der Waals surface area (Å²) in [6.07, 6.45) is 5.89. The second-order valence-electron chi connectivity index (χ2n) is 6.60. The molecule has 0 bridgehead atoms. The number of benzene rings is 2. The molecule has 3 heteroatoms. The maximum absolute atomic E-state index is 6.67. The minimum absolute atomic E-state index is 0.177. The van der Waals surface area contributed by atoms with Gasteiger partial charge >= 0.3 is 0 Å². The van der Waals surface area contributed by atoms with Crippen LogP contribution in [0.4, 0.5) is 0 Å². The average Bonchev–Trinajstić information content (AvgIpc) is 2.55. The van der Waals surface area contributed by atoms with Crippen LogP contribution < -0.4 is 10.5 Å². The standard InChI is InChI=1S/C20H24BrNO/c1-15-12-17(20(22)10-6-3-7-11-20)13-18(21)19(15)23-14-16-8-4-2-5-9-16/h2,4-5,8-9,12-13H,3,6-7,10-11,14,22H2,1H3. The van der Waals surface area contributed by atoms with Crippen molar-refractivity contribution in [2.24, 2.45) is 5.73 Å². The summed E-state index contributed by atoms with van der Waals surface area (Å²) in [6.45, 7) is 2.67. The molecular weight excluding hydrogens is 350 g/mol. The smallest absolute Gasteiger partial charge is 0.136 e. The highest BCUT2D eigenvalue weighted by Gasteiger charge is 2.30. The third-order valence-electron chi connectivity index (χ3n) is 4.78. The Hall–Kier alpha value is -1.32. The van der Waals surface area contributed by atoms with E-state index in [2.05, 4.69) is 47.1 Å². The van der Waals surface area contributed by atoms with Gasteiger partial charge in [0.1, 0.15) is 12.4 Å². The molecule has 1 fully saturated rings. The van der Waals surface area contributed by atoms with Crippen LogP contribution in [0, 0.1) is 6.92 Å². The Balaban J connectivity index is 1.80. The van der Waals surface area contributed by atoms with Crippen LogP contribution in [0.2, 0.25) is 0 Å². The Morgan fingerprint density at radius 1 is 1.09 bits per heavy atom. The predicted octanol–water partition coefficient (Wildman–Crippen LogP) is 5.45. The van der Waals surface area contributed by atoms with Gasteiger partial charge in [0.2, 0.25) is 0 Å². The molecular formula is C20H24BrNO. The lowest BCUT2D eigenvalue weighted by Gasteiger charge is -2.34. The fourth-order valence-corrected chi connectivity index (χ4v) is 4.08. The Kier molecular flexibility index (Phi) is 5.08. The van der Waals surface area contributed by atoms with Gasteiger partial charge in [-0.1, -0.05) is 55.7 Å². The maximum Gasteiger partial charge on any atom is 0.136 e. The molecule has 0 heterocycles. The molecule has 0 aromatic heterocycles. The summed E-state index contributed by atoms with van der Waals surface area (Å²) in [6, 6.07) is 14.6. The lowest BCUT2D eigenvalue weighted by molar-refractivity contribution is 0.294. The minimum atomic E-state index is -0.177. The fourth-order valence-electron chi connectivity index (χ4n) is 3.40. The van der Waals surface area contributed by atoms with Gasteiger partial charge in [-0.3, -0.25) is 0 Å². The number of rotatable bonds is 4. The minimum Gasteiger partial charge on any atom is -0.487 e. The fraction of sp³-hybridized carbons (Fsp3) is 0.400. The number of hydrogen-bond donors (Lipinski definition) is 1. The largest absolute Gasteiger partial charge is 0.487 e. The molecule has 0 saturated heterocycles. The van der Waals surface area contributed by atoms with Crippen LogP contribution in [0.3, 0.4) is 0 Å². The average molecular weight is 374 g/mol. The summed E-state index contributed by atoms with van der Waals surface area (Å²) in [7, 11) is 0. The zero-order valence-electron chi connectivity index (χ0n) is 13.6. The quantitative estimate of drug-likeness (QED) is 0.772. The van der Waals surface area contributed by atoms with Crippen LogP contribution in [0.1, 0.15) is 48.8 Å². The predicted molar refractivity (Wildman–Crippen MR) is 98.6 cm³/mol. The molecule has 1 aliphatic rings. The summed E-state index contributed by atoms with van der Waals surface area (Å²) in [5.41, 5.74) is 10.0. The Morgan fingerprint density at radius 2 is 1.78 bits per heavy atom. The number of ether oxygens (including phenoxy) is 1. The van der Waals surface area contributed by atoms with Crippen molar-refractivity contribution >= 4 is 15.9 Å². The number of hydrogen-bond acceptors (Lipinski definition) is 2. The molecule has 0 atom stereocenters. The van der Waals surface area contributed by atoms with Crippen molar-refractivity contribution in [1.82, 2.24) is 0 Å². The van der Waals surface area contributed by atoms with Crippen LogP contribution in [0.15, 0.2) is 46.9 Å². The summed E-state index contributed by atoms with van der Waals surface area (Å²) in [5, 5.41) is 0. The van der Waals surface area contributed by atoms with Crippen LogP contribution in [0.5, 0.6) is 5.75 Å². The topological polar surface area (TPSA) is 35.2 Å². The highest BCUT2D eigenvalue weighted by molar-refractivity contribution is 9.10. The van der Waals surface area contributed by atoms with E-state index in [1.54, 1.807) is 0 Å². The highest BCUT2D eigenvalue weighted by Crippen LogP contribution is 2.39. The Bertz CT molecular complexity index is 640. The first-order chi connectivity index (χ1) is 11.1.